The maximum absolute atomic E-state index is 9.51. The first-order chi connectivity index (χ1) is 9.20. The first-order valence-corrected chi connectivity index (χ1v) is 5.95. The monoisotopic (exact) mass is 254 g/mol. The molecule has 4 nitrogen and oxygen atoms in total. The minimum Gasteiger partial charge on any atom is -0.489 e. The molecule has 0 saturated carbocycles. The van der Waals surface area contributed by atoms with E-state index in [4.69, 9.17) is 10.00 Å². The van der Waals surface area contributed by atoms with E-state index >= 15 is 0 Å². The number of hydrogen-bond acceptors (Lipinski definition) is 4. The zero-order chi connectivity index (χ0) is 13.7. The third-order valence-electron chi connectivity index (χ3n) is 2.73. The van der Waals surface area contributed by atoms with Crippen molar-refractivity contribution in [1.82, 2.24) is 4.98 Å². The number of rotatable bonds is 4. The van der Waals surface area contributed by atoms with Gasteiger partial charge in [0.05, 0.1) is 6.10 Å². The van der Waals surface area contributed by atoms with Gasteiger partial charge in [-0.3, -0.25) is 0 Å². The normalized spacial score (nSPS) is 11.6. The SMILES string of the molecule is C[C@@H](O)c1cccc(OCc2cccnc2C#N)c1. The zero-order valence-corrected chi connectivity index (χ0v) is 10.6. The fourth-order valence-electron chi connectivity index (χ4n) is 1.68. The molecule has 1 atom stereocenters. The van der Waals surface area contributed by atoms with Gasteiger partial charge in [-0.15, -0.1) is 0 Å². The molecule has 0 fully saturated rings. The quantitative estimate of drug-likeness (QED) is 0.910. The summed E-state index contributed by atoms with van der Waals surface area (Å²) in [6.45, 7) is 1.98. The van der Waals surface area contributed by atoms with Gasteiger partial charge in [0.15, 0.2) is 0 Å². The fraction of sp³-hybridized carbons (Fsp3) is 0.200. The second kappa shape index (κ2) is 5.98. The van der Waals surface area contributed by atoms with Crippen molar-refractivity contribution in [3.05, 3.63) is 59.4 Å². The molecular formula is C15H14N2O2. The van der Waals surface area contributed by atoms with Crippen molar-refractivity contribution in [2.45, 2.75) is 19.6 Å². The summed E-state index contributed by atoms with van der Waals surface area (Å²) in [7, 11) is 0. The van der Waals surface area contributed by atoms with Gasteiger partial charge in [0, 0.05) is 11.8 Å². The lowest BCUT2D eigenvalue weighted by Gasteiger charge is -2.10. The lowest BCUT2D eigenvalue weighted by molar-refractivity contribution is 0.198. The van der Waals surface area contributed by atoms with Crippen molar-refractivity contribution >= 4 is 0 Å². The van der Waals surface area contributed by atoms with E-state index in [2.05, 4.69) is 4.98 Å². The number of benzene rings is 1. The number of hydrogen-bond donors (Lipinski definition) is 1. The Kier molecular flexibility index (Phi) is 4.11. The molecule has 0 aliphatic carbocycles. The second-order valence-electron chi connectivity index (χ2n) is 4.16. The molecule has 0 aliphatic rings. The van der Waals surface area contributed by atoms with Gasteiger partial charge in [-0.1, -0.05) is 18.2 Å². The Labute approximate surface area is 111 Å². The predicted octanol–water partition coefficient (Wildman–Crippen LogP) is 2.59. The summed E-state index contributed by atoms with van der Waals surface area (Å²) < 4.78 is 5.62. The van der Waals surface area contributed by atoms with Gasteiger partial charge in [0.2, 0.25) is 0 Å². The molecule has 0 spiro atoms. The molecule has 1 aromatic heterocycles. The van der Waals surface area contributed by atoms with Crippen LogP contribution in [0.5, 0.6) is 5.75 Å². The molecule has 0 aliphatic heterocycles. The summed E-state index contributed by atoms with van der Waals surface area (Å²) in [5.74, 6) is 0.658. The van der Waals surface area contributed by atoms with E-state index in [1.54, 1.807) is 25.3 Å². The highest BCUT2D eigenvalue weighted by Gasteiger charge is 2.05. The Bertz CT molecular complexity index is 603. The minimum absolute atomic E-state index is 0.278. The number of ether oxygens (including phenoxy) is 1. The van der Waals surface area contributed by atoms with Gasteiger partial charge in [0.25, 0.3) is 0 Å². The third-order valence-corrected chi connectivity index (χ3v) is 2.73. The van der Waals surface area contributed by atoms with Crippen molar-refractivity contribution in [1.29, 1.82) is 5.26 Å². The number of nitrogens with zero attached hydrogens (tertiary/aromatic N) is 2. The molecule has 1 aromatic carbocycles. The van der Waals surface area contributed by atoms with Gasteiger partial charge in [0.1, 0.15) is 24.1 Å². The maximum atomic E-state index is 9.51. The number of pyridine rings is 1. The minimum atomic E-state index is -0.531. The second-order valence-corrected chi connectivity index (χ2v) is 4.16. The van der Waals surface area contributed by atoms with E-state index in [1.807, 2.05) is 30.3 Å². The Morgan fingerprint density at radius 3 is 2.95 bits per heavy atom. The van der Waals surface area contributed by atoms with Crippen LogP contribution in [0.2, 0.25) is 0 Å². The van der Waals surface area contributed by atoms with Crippen LogP contribution in [0.25, 0.3) is 0 Å². The standard InChI is InChI=1S/C15H14N2O2/c1-11(18)12-4-2-6-14(8-12)19-10-13-5-3-7-17-15(13)9-16/h2-8,11,18H,10H2,1H3/t11-/m1/s1. The first-order valence-electron chi connectivity index (χ1n) is 5.95. The van der Waals surface area contributed by atoms with Crippen LogP contribution in [0, 0.1) is 11.3 Å². The average Bonchev–Trinajstić information content (AvgIpc) is 2.45. The van der Waals surface area contributed by atoms with E-state index in [0.717, 1.165) is 11.1 Å². The maximum Gasteiger partial charge on any atom is 0.147 e. The number of aliphatic hydroxyl groups excluding tert-OH is 1. The Hall–Kier alpha value is -2.38. The molecule has 0 amide bonds. The summed E-state index contributed by atoms with van der Waals surface area (Å²) >= 11 is 0. The predicted molar refractivity (Wildman–Crippen MR) is 70.4 cm³/mol. The molecule has 1 heterocycles. The molecule has 1 N–H and O–H groups in total. The molecule has 96 valence electrons. The van der Waals surface area contributed by atoms with E-state index in [0.29, 0.717) is 11.4 Å². The van der Waals surface area contributed by atoms with Crippen molar-refractivity contribution < 1.29 is 9.84 Å². The summed E-state index contributed by atoms with van der Waals surface area (Å²) in [5.41, 5.74) is 1.91. The summed E-state index contributed by atoms with van der Waals surface area (Å²) in [6.07, 6.45) is 1.05. The Morgan fingerprint density at radius 2 is 2.21 bits per heavy atom. The number of aromatic nitrogens is 1. The Morgan fingerprint density at radius 1 is 1.37 bits per heavy atom. The van der Waals surface area contributed by atoms with Crippen molar-refractivity contribution in [3.63, 3.8) is 0 Å². The van der Waals surface area contributed by atoms with Crippen LogP contribution < -0.4 is 4.74 Å². The smallest absolute Gasteiger partial charge is 0.147 e. The zero-order valence-electron chi connectivity index (χ0n) is 10.6. The van der Waals surface area contributed by atoms with E-state index in [1.165, 1.54) is 0 Å². The van der Waals surface area contributed by atoms with Crippen LogP contribution in [0.4, 0.5) is 0 Å². The molecule has 2 rings (SSSR count). The molecule has 4 heteroatoms. The Balaban J connectivity index is 2.11. The molecule has 0 unspecified atom stereocenters. The highest BCUT2D eigenvalue weighted by atomic mass is 16.5. The molecule has 0 radical (unpaired) electrons. The van der Waals surface area contributed by atoms with Crippen LogP contribution in [-0.2, 0) is 6.61 Å². The largest absolute Gasteiger partial charge is 0.489 e. The van der Waals surface area contributed by atoms with Gasteiger partial charge < -0.3 is 9.84 Å². The molecule has 2 aromatic rings. The summed E-state index contributed by atoms with van der Waals surface area (Å²) in [5, 5.41) is 18.4. The molecular weight excluding hydrogens is 240 g/mol. The van der Waals surface area contributed by atoms with Gasteiger partial charge in [-0.05, 0) is 30.7 Å². The van der Waals surface area contributed by atoms with Crippen LogP contribution in [-0.4, -0.2) is 10.1 Å². The summed E-state index contributed by atoms with van der Waals surface area (Å²) in [6, 6.07) is 12.9. The lowest BCUT2D eigenvalue weighted by Crippen LogP contribution is -2.00. The van der Waals surface area contributed by atoms with E-state index < -0.39 is 6.10 Å². The van der Waals surface area contributed by atoms with Gasteiger partial charge in [-0.25, -0.2) is 4.98 Å². The molecule has 19 heavy (non-hydrogen) atoms. The number of aliphatic hydroxyl groups is 1. The average molecular weight is 254 g/mol. The lowest BCUT2D eigenvalue weighted by atomic mass is 10.1. The third kappa shape index (κ3) is 3.30. The summed E-state index contributed by atoms with van der Waals surface area (Å²) in [4.78, 5) is 3.97. The van der Waals surface area contributed by atoms with Crippen LogP contribution >= 0.6 is 0 Å². The van der Waals surface area contributed by atoms with Crippen LogP contribution in [0.3, 0.4) is 0 Å². The van der Waals surface area contributed by atoms with Crippen LogP contribution in [0.1, 0.15) is 29.8 Å². The van der Waals surface area contributed by atoms with E-state index in [9.17, 15) is 5.11 Å². The van der Waals surface area contributed by atoms with Crippen molar-refractivity contribution in [3.8, 4) is 11.8 Å². The first kappa shape index (κ1) is 13.1. The fourth-order valence-corrected chi connectivity index (χ4v) is 1.68. The van der Waals surface area contributed by atoms with E-state index in [-0.39, 0.29) is 6.61 Å². The number of nitriles is 1. The topological polar surface area (TPSA) is 66.1 Å². The molecule has 0 bridgehead atoms. The van der Waals surface area contributed by atoms with Crippen molar-refractivity contribution in [2.24, 2.45) is 0 Å². The van der Waals surface area contributed by atoms with Gasteiger partial charge in [-0.2, -0.15) is 5.26 Å². The van der Waals surface area contributed by atoms with Gasteiger partial charge >= 0.3 is 0 Å². The highest BCUT2D eigenvalue weighted by Crippen LogP contribution is 2.20. The molecule has 0 saturated heterocycles. The van der Waals surface area contributed by atoms with Crippen LogP contribution in [0.15, 0.2) is 42.6 Å². The highest BCUT2D eigenvalue weighted by molar-refractivity contribution is 5.32. The van der Waals surface area contributed by atoms with Crippen molar-refractivity contribution in [2.75, 3.05) is 0 Å².